The lowest BCUT2D eigenvalue weighted by molar-refractivity contribution is 0.123. The number of nitrogens with zero attached hydrogens (tertiary/aromatic N) is 1. The molecule has 1 aromatic rings. The Kier molecular flexibility index (Phi) is 5.54. The van der Waals surface area contributed by atoms with Crippen molar-refractivity contribution in [2.24, 2.45) is 5.92 Å². The van der Waals surface area contributed by atoms with Crippen molar-refractivity contribution >= 4 is 33.2 Å². The Labute approximate surface area is 135 Å². The summed E-state index contributed by atoms with van der Waals surface area (Å²) < 4.78 is 24.7. The topological polar surface area (TPSA) is 57.6 Å². The van der Waals surface area contributed by atoms with Crippen LogP contribution in [0.1, 0.15) is 30.9 Å². The van der Waals surface area contributed by atoms with E-state index < -0.39 is 16.1 Å². The standard InChI is InChI=1S/C14H19Cl2NO3S/c1-21(19,20)17-6-2-3-10(9-17)7-14(18)12-5-4-11(15)8-13(12)16/h4-5,8,10,14,18H,2-3,6-7,9H2,1H3. The van der Waals surface area contributed by atoms with Crippen LogP contribution < -0.4 is 0 Å². The number of aliphatic hydroxyl groups is 1. The number of rotatable bonds is 4. The Balaban J connectivity index is 2.03. The molecular formula is C14H19Cl2NO3S. The lowest BCUT2D eigenvalue weighted by atomic mass is 9.91. The maximum atomic E-state index is 11.6. The van der Waals surface area contributed by atoms with E-state index in [4.69, 9.17) is 23.2 Å². The molecule has 0 spiro atoms. The Morgan fingerprint density at radius 3 is 2.76 bits per heavy atom. The molecule has 0 aromatic heterocycles. The number of benzene rings is 1. The zero-order valence-corrected chi connectivity index (χ0v) is 14.1. The first kappa shape index (κ1) is 17.0. The quantitative estimate of drug-likeness (QED) is 0.906. The molecule has 2 unspecified atom stereocenters. The van der Waals surface area contributed by atoms with Crippen LogP contribution in [-0.4, -0.2) is 37.2 Å². The van der Waals surface area contributed by atoms with Crippen molar-refractivity contribution in [3.8, 4) is 0 Å². The average molecular weight is 352 g/mol. The van der Waals surface area contributed by atoms with Gasteiger partial charge in [0.25, 0.3) is 0 Å². The first-order valence-corrected chi connectivity index (χ1v) is 9.46. The zero-order valence-electron chi connectivity index (χ0n) is 11.8. The smallest absolute Gasteiger partial charge is 0.211 e. The number of sulfonamides is 1. The summed E-state index contributed by atoms with van der Waals surface area (Å²) >= 11 is 11.9. The number of piperidine rings is 1. The van der Waals surface area contributed by atoms with Gasteiger partial charge < -0.3 is 5.11 Å². The number of hydrogen-bond donors (Lipinski definition) is 1. The van der Waals surface area contributed by atoms with Crippen LogP contribution in [0.5, 0.6) is 0 Å². The highest BCUT2D eigenvalue weighted by atomic mass is 35.5. The van der Waals surface area contributed by atoms with Gasteiger partial charge in [0.2, 0.25) is 10.0 Å². The molecule has 1 heterocycles. The second kappa shape index (κ2) is 6.84. The van der Waals surface area contributed by atoms with Crippen molar-refractivity contribution in [1.29, 1.82) is 0 Å². The summed E-state index contributed by atoms with van der Waals surface area (Å²) in [5.74, 6) is 0.134. The Morgan fingerprint density at radius 1 is 1.43 bits per heavy atom. The van der Waals surface area contributed by atoms with Gasteiger partial charge in [-0.2, -0.15) is 0 Å². The minimum Gasteiger partial charge on any atom is -0.388 e. The number of halogens is 2. The third-order valence-corrected chi connectivity index (χ3v) is 5.66. The molecule has 21 heavy (non-hydrogen) atoms. The van der Waals surface area contributed by atoms with E-state index in [2.05, 4.69) is 0 Å². The van der Waals surface area contributed by atoms with Gasteiger partial charge in [0.1, 0.15) is 0 Å². The largest absolute Gasteiger partial charge is 0.388 e. The molecule has 118 valence electrons. The Morgan fingerprint density at radius 2 is 2.14 bits per heavy atom. The first-order chi connectivity index (χ1) is 9.77. The highest BCUT2D eigenvalue weighted by Gasteiger charge is 2.28. The van der Waals surface area contributed by atoms with Crippen LogP contribution in [0.25, 0.3) is 0 Å². The lowest BCUT2D eigenvalue weighted by Crippen LogP contribution is -2.39. The van der Waals surface area contributed by atoms with Crippen molar-refractivity contribution in [2.45, 2.75) is 25.4 Å². The van der Waals surface area contributed by atoms with Crippen molar-refractivity contribution in [1.82, 2.24) is 4.31 Å². The Hall–Kier alpha value is -0.330. The SMILES string of the molecule is CS(=O)(=O)N1CCCC(CC(O)c2ccc(Cl)cc2Cl)C1. The van der Waals surface area contributed by atoms with E-state index in [1.54, 1.807) is 18.2 Å². The molecule has 0 saturated carbocycles. The molecule has 7 heteroatoms. The molecule has 4 nitrogen and oxygen atoms in total. The Bertz CT molecular complexity index is 606. The predicted octanol–water partition coefficient (Wildman–Crippen LogP) is 3.09. The fraction of sp³-hybridized carbons (Fsp3) is 0.571. The molecule has 0 aliphatic carbocycles. The van der Waals surface area contributed by atoms with Crippen LogP contribution in [0.4, 0.5) is 0 Å². The van der Waals surface area contributed by atoms with E-state index in [0.29, 0.717) is 35.1 Å². The number of aliphatic hydroxyl groups excluding tert-OH is 1. The van der Waals surface area contributed by atoms with Gasteiger partial charge in [-0.1, -0.05) is 29.3 Å². The molecule has 0 bridgehead atoms. The normalized spacial score (nSPS) is 22.2. The van der Waals surface area contributed by atoms with E-state index in [1.165, 1.54) is 10.6 Å². The van der Waals surface area contributed by atoms with Crippen LogP contribution in [-0.2, 0) is 10.0 Å². The summed E-state index contributed by atoms with van der Waals surface area (Å²) in [6, 6.07) is 5.01. The maximum absolute atomic E-state index is 11.6. The van der Waals surface area contributed by atoms with E-state index in [9.17, 15) is 13.5 Å². The summed E-state index contributed by atoms with van der Waals surface area (Å²) in [5, 5.41) is 11.3. The second-order valence-corrected chi connectivity index (χ2v) is 8.37. The van der Waals surface area contributed by atoms with E-state index in [1.807, 2.05) is 0 Å². The first-order valence-electron chi connectivity index (χ1n) is 6.85. The van der Waals surface area contributed by atoms with Crippen LogP contribution in [0.15, 0.2) is 18.2 Å². The highest BCUT2D eigenvalue weighted by Crippen LogP contribution is 2.32. The molecule has 1 saturated heterocycles. The second-order valence-electron chi connectivity index (χ2n) is 5.55. The summed E-state index contributed by atoms with van der Waals surface area (Å²) in [6.07, 6.45) is 2.74. The fourth-order valence-electron chi connectivity index (χ4n) is 2.73. The molecule has 1 N–H and O–H groups in total. The molecule has 0 radical (unpaired) electrons. The third-order valence-electron chi connectivity index (χ3n) is 3.83. The molecule has 1 aliphatic heterocycles. The van der Waals surface area contributed by atoms with Crippen molar-refractivity contribution in [3.63, 3.8) is 0 Å². The van der Waals surface area contributed by atoms with E-state index >= 15 is 0 Å². The summed E-state index contributed by atoms with van der Waals surface area (Å²) in [7, 11) is -3.16. The zero-order chi connectivity index (χ0) is 15.6. The minimum atomic E-state index is -3.16. The molecule has 1 fully saturated rings. The van der Waals surface area contributed by atoms with Crippen LogP contribution in [0.2, 0.25) is 10.0 Å². The maximum Gasteiger partial charge on any atom is 0.211 e. The van der Waals surface area contributed by atoms with Gasteiger partial charge in [0.15, 0.2) is 0 Å². The van der Waals surface area contributed by atoms with Crippen LogP contribution in [0, 0.1) is 5.92 Å². The highest BCUT2D eigenvalue weighted by molar-refractivity contribution is 7.88. The van der Waals surface area contributed by atoms with Gasteiger partial charge in [0.05, 0.1) is 12.4 Å². The summed E-state index contributed by atoms with van der Waals surface area (Å²) in [6.45, 7) is 1.02. The summed E-state index contributed by atoms with van der Waals surface area (Å²) in [5.41, 5.74) is 0.637. The van der Waals surface area contributed by atoms with Gasteiger partial charge >= 0.3 is 0 Å². The van der Waals surface area contributed by atoms with E-state index in [0.717, 1.165) is 12.8 Å². The fourth-order valence-corrected chi connectivity index (χ4v) is 4.21. The van der Waals surface area contributed by atoms with Gasteiger partial charge in [-0.3, -0.25) is 0 Å². The molecule has 2 atom stereocenters. The molecule has 1 aromatic carbocycles. The molecule has 0 amide bonds. The monoisotopic (exact) mass is 351 g/mol. The lowest BCUT2D eigenvalue weighted by Gasteiger charge is -2.32. The number of hydrogen-bond acceptors (Lipinski definition) is 3. The van der Waals surface area contributed by atoms with Crippen molar-refractivity contribution in [3.05, 3.63) is 33.8 Å². The predicted molar refractivity (Wildman–Crippen MR) is 85.2 cm³/mol. The molecular weight excluding hydrogens is 333 g/mol. The van der Waals surface area contributed by atoms with Gasteiger partial charge in [-0.05, 0) is 42.9 Å². The van der Waals surface area contributed by atoms with Crippen molar-refractivity contribution < 1.29 is 13.5 Å². The van der Waals surface area contributed by atoms with Crippen LogP contribution >= 0.6 is 23.2 Å². The van der Waals surface area contributed by atoms with Gasteiger partial charge in [-0.25, -0.2) is 12.7 Å². The average Bonchev–Trinajstić information content (AvgIpc) is 2.37. The summed E-state index contributed by atoms with van der Waals surface area (Å²) in [4.78, 5) is 0. The third kappa shape index (κ3) is 4.57. The van der Waals surface area contributed by atoms with Gasteiger partial charge in [-0.15, -0.1) is 0 Å². The minimum absolute atomic E-state index is 0.134. The van der Waals surface area contributed by atoms with Gasteiger partial charge in [0, 0.05) is 23.1 Å². The van der Waals surface area contributed by atoms with Crippen molar-refractivity contribution in [2.75, 3.05) is 19.3 Å². The molecule has 2 rings (SSSR count). The van der Waals surface area contributed by atoms with E-state index in [-0.39, 0.29) is 5.92 Å². The van der Waals surface area contributed by atoms with Crippen LogP contribution in [0.3, 0.4) is 0 Å². The molecule has 1 aliphatic rings.